The second-order valence-corrected chi connectivity index (χ2v) is 5.93. The molecular formula is C19H18FN5O. The molecule has 3 N–H and O–H groups in total. The van der Waals surface area contributed by atoms with E-state index in [0.29, 0.717) is 29.3 Å². The molecule has 0 aliphatic rings. The number of primary amides is 1. The molecule has 1 aromatic carbocycles. The molecule has 0 saturated heterocycles. The number of pyridine rings is 1. The minimum atomic E-state index is -0.523. The minimum absolute atomic E-state index is 0.195. The summed E-state index contributed by atoms with van der Waals surface area (Å²) >= 11 is 0. The van der Waals surface area contributed by atoms with Crippen molar-refractivity contribution in [3.8, 4) is 11.4 Å². The van der Waals surface area contributed by atoms with Crippen LogP contribution in [0.15, 0.2) is 54.7 Å². The van der Waals surface area contributed by atoms with Gasteiger partial charge in [-0.2, -0.15) is 0 Å². The predicted molar refractivity (Wildman–Crippen MR) is 97.1 cm³/mol. The molecule has 0 bridgehead atoms. The van der Waals surface area contributed by atoms with Crippen LogP contribution in [-0.4, -0.2) is 27.6 Å². The molecule has 3 rings (SSSR count). The Bertz CT molecular complexity index is 879. The van der Waals surface area contributed by atoms with Gasteiger partial charge in [0.25, 0.3) is 0 Å². The number of anilines is 1. The third-order valence-electron chi connectivity index (χ3n) is 4.00. The normalized spacial score (nSPS) is 11.8. The Morgan fingerprint density at radius 2 is 1.81 bits per heavy atom. The number of hydrogen-bond acceptors (Lipinski definition) is 5. The van der Waals surface area contributed by atoms with Crippen molar-refractivity contribution in [1.29, 1.82) is 0 Å². The van der Waals surface area contributed by atoms with E-state index in [1.807, 2.05) is 13.0 Å². The van der Waals surface area contributed by atoms with Crippen LogP contribution in [0.3, 0.4) is 0 Å². The fraction of sp³-hybridized carbons (Fsp3) is 0.158. The van der Waals surface area contributed by atoms with Gasteiger partial charge in [0, 0.05) is 12.7 Å². The molecule has 132 valence electrons. The van der Waals surface area contributed by atoms with Crippen LogP contribution >= 0.6 is 0 Å². The molecule has 7 heteroatoms. The molecule has 1 unspecified atom stereocenters. The van der Waals surface area contributed by atoms with Crippen LogP contribution in [0.5, 0.6) is 0 Å². The minimum Gasteiger partial charge on any atom is -0.368 e. The van der Waals surface area contributed by atoms with Crippen molar-refractivity contribution in [3.63, 3.8) is 0 Å². The average molecular weight is 351 g/mol. The Labute approximate surface area is 150 Å². The fourth-order valence-electron chi connectivity index (χ4n) is 2.42. The lowest BCUT2D eigenvalue weighted by atomic mass is 10.0. The van der Waals surface area contributed by atoms with Gasteiger partial charge in [0.15, 0.2) is 0 Å². The maximum Gasteiger partial charge on any atom is 0.250 e. The van der Waals surface area contributed by atoms with Crippen LogP contribution in [0.25, 0.3) is 11.4 Å². The van der Waals surface area contributed by atoms with Crippen molar-refractivity contribution in [2.45, 2.75) is 12.8 Å². The van der Waals surface area contributed by atoms with Crippen LogP contribution < -0.4 is 11.1 Å². The zero-order valence-corrected chi connectivity index (χ0v) is 14.2. The van der Waals surface area contributed by atoms with Crippen molar-refractivity contribution in [2.75, 3.05) is 11.9 Å². The lowest BCUT2D eigenvalue weighted by Crippen LogP contribution is -2.11. The summed E-state index contributed by atoms with van der Waals surface area (Å²) in [5.41, 5.74) is 7.78. The van der Waals surface area contributed by atoms with Crippen molar-refractivity contribution >= 4 is 11.7 Å². The zero-order chi connectivity index (χ0) is 18.5. The highest BCUT2D eigenvalue weighted by molar-refractivity contribution is 5.92. The third-order valence-corrected chi connectivity index (χ3v) is 4.00. The second-order valence-electron chi connectivity index (χ2n) is 5.93. The maximum atomic E-state index is 13.0. The first-order valence-electron chi connectivity index (χ1n) is 8.12. The lowest BCUT2D eigenvalue weighted by molar-refractivity contribution is 0.1000. The number of halogens is 1. The van der Waals surface area contributed by atoms with Crippen molar-refractivity contribution in [1.82, 2.24) is 15.2 Å². The summed E-state index contributed by atoms with van der Waals surface area (Å²) in [7, 11) is 0. The van der Waals surface area contributed by atoms with Gasteiger partial charge in [-0.3, -0.25) is 9.78 Å². The van der Waals surface area contributed by atoms with Crippen LogP contribution in [0, 0.1) is 5.82 Å². The van der Waals surface area contributed by atoms with E-state index in [0.717, 1.165) is 5.56 Å². The van der Waals surface area contributed by atoms with Crippen LogP contribution in [0.4, 0.5) is 10.2 Å². The standard InChI is InChI=1S/C19H18FN5O/c1-12(13-2-5-15(20)6-3-13)10-23-18-9-8-17(24-25-18)16-7-4-14(11-22-16)19(21)26/h2-9,11-12H,10H2,1H3,(H2,21,26)(H,23,25). The second kappa shape index (κ2) is 7.69. The first-order chi connectivity index (χ1) is 12.5. The largest absolute Gasteiger partial charge is 0.368 e. The van der Waals surface area contributed by atoms with Gasteiger partial charge in [-0.15, -0.1) is 10.2 Å². The molecule has 0 aliphatic heterocycles. The van der Waals surface area contributed by atoms with E-state index < -0.39 is 5.91 Å². The number of benzene rings is 1. The van der Waals surface area contributed by atoms with E-state index in [-0.39, 0.29) is 11.7 Å². The van der Waals surface area contributed by atoms with Gasteiger partial charge >= 0.3 is 0 Å². The zero-order valence-electron chi connectivity index (χ0n) is 14.2. The van der Waals surface area contributed by atoms with E-state index in [9.17, 15) is 9.18 Å². The molecule has 3 aromatic rings. The summed E-state index contributed by atoms with van der Waals surface area (Å²) in [5, 5.41) is 11.5. The monoisotopic (exact) mass is 351 g/mol. The molecule has 2 heterocycles. The molecule has 0 spiro atoms. The highest BCUT2D eigenvalue weighted by Gasteiger charge is 2.08. The van der Waals surface area contributed by atoms with Crippen LogP contribution in [0.1, 0.15) is 28.8 Å². The predicted octanol–water partition coefficient (Wildman–Crippen LogP) is 2.99. The Morgan fingerprint density at radius 1 is 1.08 bits per heavy atom. The first kappa shape index (κ1) is 17.5. The Balaban J connectivity index is 1.62. The Hall–Kier alpha value is -3.35. The van der Waals surface area contributed by atoms with Gasteiger partial charge in [-0.25, -0.2) is 4.39 Å². The van der Waals surface area contributed by atoms with Crippen molar-refractivity contribution < 1.29 is 9.18 Å². The molecular weight excluding hydrogens is 333 g/mol. The number of nitrogens with zero attached hydrogens (tertiary/aromatic N) is 3. The number of nitrogens with one attached hydrogen (secondary N) is 1. The van der Waals surface area contributed by atoms with Crippen LogP contribution in [0.2, 0.25) is 0 Å². The molecule has 26 heavy (non-hydrogen) atoms. The van der Waals surface area contributed by atoms with Crippen molar-refractivity contribution in [3.05, 3.63) is 71.7 Å². The van der Waals surface area contributed by atoms with E-state index in [2.05, 4.69) is 20.5 Å². The molecule has 6 nitrogen and oxygen atoms in total. The van der Waals surface area contributed by atoms with Crippen LogP contribution in [-0.2, 0) is 0 Å². The number of rotatable bonds is 6. The maximum absolute atomic E-state index is 13.0. The van der Waals surface area contributed by atoms with E-state index in [1.54, 1.807) is 30.3 Å². The summed E-state index contributed by atoms with van der Waals surface area (Å²) in [5.74, 6) is 0.0642. The Morgan fingerprint density at radius 3 is 2.38 bits per heavy atom. The van der Waals surface area contributed by atoms with Gasteiger partial charge in [0.2, 0.25) is 5.91 Å². The number of amides is 1. The molecule has 1 atom stereocenters. The number of nitrogens with two attached hydrogens (primary N) is 1. The van der Waals surface area contributed by atoms with E-state index in [1.165, 1.54) is 18.3 Å². The van der Waals surface area contributed by atoms with E-state index >= 15 is 0 Å². The van der Waals surface area contributed by atoms with Gasteiger partial charge in [-0.1, -0.05) is 19.1 Å². The Kier molecular flexibility index (Phi) is 5.17. The molecule has 1 amide bonds. The van der Waals surface area contributed by atoms with Gasteiger partial charge in [0.05, 0.1) is 11.3 Å². The number of carbonyl (C=O) groups is 1. The van der Waals surface area contributed by atoms with Gasteiger partial charge < -0.3 is 11.1 Å². The average Bonchev–Trinajstić information content (AvgIpc) is 2.67. The summed E-state index contributed by atoms with van der Waals surface area (Å²) in [4.78, 5) is 15.2. The highest BCUT2D eigenvalue weighted by atomic mass is 19.1. The summed E-state index contributed by atoms with van der Waals surface area (Å²) in [6.07, 6.45) is 1.41. The summed E-state index contributed by atoms with van der Waals surface area (Å²) in [6.45, 7) is 2.69. The summed E-state index contributed by atoms with van der Waals surface area (Å²) in [6, 6.07) is 13.3. The lowest BCUT2D eigenvalue weighted by Gasteiger charge is -2.13. The summed E-state index contributed by atoms with van der Waals surface area (Å²) < 4.78 is 13.0. The molecule has 0 aliphatic carbocycles. The fourth-order valence-corrected chi connectivity index (χ4v) is 2.42. The number of carbonyl (C=O) groups excluding carboxylic acids is 1. The molecule has 0 radical (unpaired) electrons. The quantitative estimate of drug-likeness (QED) is 0.712. The van der Waals surface area contributed by atoms with Gasteiger partial charge in [-0.05, 0) is 47.9 Å². The number of hydrogen-bond donors (Lipinski definition) is 2. The van der Waals surface area contributed by atoms with Crippen molar-refractivity contribution in [2.24, 2.45) is 5.73 Å². The highest BCUT2D eigenvalue weighted by Crippen LogP contribution is 2.18. The molecule has 0 saturated carbocycles. The number of aromatic nitrogens is 3. The molecule has 2 aromatic heterocycles. The SMILES string of the molecule is CC(CNc1ccc(-c2ccc(C(N)=O)cn2)nn1)c1ccc(F)cc1. The van der Waals surface area contributed by atoms with Gasteiger partial charge in [0.1, 0.15) is 17.3 Å². The first-order valence-corrected chi connectivity index (χ1v) is 8.12. The van der Waals surface area contributed by atoms with E-state index in [4.69, 9.17) is 5.73 Å². The third kappa shape index (κ3) is 4.18. The molecule has 0 fully saturated rings. The topological polar surface area (TPSA) is 93.8 Å². The smallest absolute Gasteiger partial charge is 0.250 e.